The number of hydrogen-bond acceptors (Lipinski definition) is 6. The Hall–Kier alpha value is -3.50. The molecule has 0 spiro atoms. The normalized spacial score (nSPS) is 13.6. The fraction of sp³-hybridized carbons (Fsp3) is 0.333. The van der Waals surface area contributed by atoms with Crippen LogP contribution >= 0.6 is 11.6 Å². The molecule has 0 aliphatic heterocycles. The van der Waals surface area contributed by atoms with Gasteiger partial charge >= 0.3 is 5.97 Å². The highest BCUT2D eigenvalue weighted by Gasteiger charge is 2.36. The predicted molar refractivity (Wildman–Crippen MR) is 126 cm³/mol. The summed E-state index contributed by atoms with van der Waals surface area (Å²) in [4.78, 5) is 30.7. The molecule has 0 aliphatic rings. The van der Waals surface area contributed by atoms with Crippen molar-refractivity contribution in [1.82, 2.24) is 20.5 Å². The average Bonchev–Trinajstić information content (AvgIpc) is 3.30. The number of carboxylic acids is 1. The number of benzene rings is 2. The van der Waals surface area contributed by atoms with Crippen LogP contribution in [0.2, 0.25) is 5.02 Å². The summed E-state index contributed by atoms with van der Waals surface area (Å²) in [6.45, 7) is 2.88. The molecule has 3 aromatic rings. The number of aromatic nitrogens is 3. The Morgan fingerprint density at radius 1 is 1.26 bits per heavy atom. The molecule has 2 atom stereocenters. The molecule has 35 heavy (non-hydrogen) atoms. The first-order valence-electron chi connectivity index (χ1n) is 10.9. The van der Waals surface area contributed by atoms with Crippen LogP contribution in [0.3, 0.4) is 0 Å². The number of amides is 1. The van der Waals surface area contributed by atoms with E-state index in [1.54, 1.807) is 31.2 Å². The van der Waals surface area contributed by atoms with Crippen molar-refractivity contribution in [1.29, 1.82) is 0 Å². The van der Waals surface area contributed by atoms with Crippen molar-refractivity contribution in [2.24, 2.45) is 5.41 Å². The van der Waals surface area contributed by atoms with Gasteiger partial charge in [-0.25, -0.2) is 4.39 Å². The third-order valence-electron chi connectivity index (χ3n) is 5.54. The number of rotatable bonds is 11. The number of carboxylic acid groups (broad SMARTS) is 1. The third-order valence-corrected chi connectivity index (χ3v) is 5.78. The van der Waals surface area contributed by atoms with Crippen LogP contribution in [0, 0.1) is 11.2 Å². The van der Waals surface area contributed by atoms with E-state index < -0.39 is 35.8 Å². The first kappa shape index (κ1) is 26.1. The lowest BCUT2D eigenvalue weighted by atomic mass is 9.82. The van der Waals surface area contributed by atoms with Crippen molar-refractivity contribution in [3.05, 3.63) is 70.8 Å². The van der Waals surface area contributed by atoms with Crippen LogP contribution in [-0.2, 0) is 11.2 Å². The van der Waals surface area contributed by atoms with Crippen LogP contribution in [0.5, 0.6) is 0 Å². The number of nitrogens with one attached hydrogen (secondary N) is 1. The second kappa shape index (κ2) is 11.3. The second-order valence-corrected chi connectivity index (χ2v) is 8.78. The molecular weight excluding hydrogens is 479 g/mol. The van der Waals surface area contributed by atoms with Gasteiger partial charge in [-0.1, -0.05) is 40.7 Å². The van der Waals surface area contributed by atoms with Crippen LogP contribution in [0.25, 0.3) is 11.1 Å². The van der Waals surface area contributed by atoms with Crippen molar-refractivity contribution in [2.75, 3.05) is 13.2 Å². The lowest BCUT2D eigenvalue weighted by molar-refractivity contribution is -0.151. The number of carbonyl (C=O) groups is 2. The maximum atomic E-state index is 14.2. The number of aliphatic carboxylic acids is 1. The van der Waals surface area contributed by atoms with Gasteiger partial charge < -0.3 is 20.4 Å². The van der Waals surface area contributed by atoms with Gasteiger partial charge in [0, 0.05) is 16.6 Å². The van der Waals surface area contributed by atoms with Gasteiger partial charge in [0.25, 0.3) is 5.91 Å². The monoisotopic (exact) mass is 504 g/mol. The summed E-state index contributed by atoms with van der Waals surface area (Å²) >= 11 is 5.99. The summed E-state index contributed by atoms with van der Waals surface area (Å²) in [7, 11) is 0. The number of carbonyl (C=O) groups excluding carboxylic acids is 1. The molecule has 186 valence electrons. The molecule has 1 amide bonds. The van der Waals surface area contributed by atoms with E-state index in [4.69, 9.17) is 16.4 Å². The Balaban J connectivity index is 1.82. The SMILES string of the molecule is CCOn1cc(C(=O)N[C@H](Cc2ccc(-c3cc(Cl)ccc3F)cc2)CC(C)(CO)C(=O)O)nn1. The maximum absolute atomic E-state index is 14.2. The molecule has 0 radical (unpaired) electrons. The summed E-state index contributed by atoms with van der Waals surface area (Å²) in [5, 5.41) is 30.0. The van der Waals surface area contributed by atoms with Gasteiger partial charge in [-0.2, -0.15) is 0 Å². The van der Waals surface area contributed by atoms with Crippen LogP contribution in [0.1, 0.15) is 36.3 Å². The highest BCUT2D eigenvalue weighted by molar-refractivity contribution is 6.30. The van der Waals surface area contributed by atoms with Crippen molar-refractivity contribution in [3.8, 4) is 11.1 Å². The summed E-state index contributed by atoms with van der Waals surface area (Å²) in [6, 6.07) is 10.6. The van der Waals surface area contributed by atoms with Crippen LogP contribution < -0.4 is 10.2 Å². The standard InChI is InChI=1S/C24H26ClFN4O5/c1-3-35-30-13-21(28-29-30)22(32)27-18(12-24(2,14-31)23(33)34)10-15-4-6-16(7-5-15)19-11-17(25)8-9-20(19)26/h4-9,11,13,18,31H,3,10,12,14H2,1-2H3,(H,27,32)(H,33,34)/t18-,24?/m1/s1. The number of aliphatic hydroxyl groups is 1. The lowest BCUT2D eigenvalue weighted by Crippen LogP contribution is -2.44. The molecule has 3 rings (SSSR count). The Bertz CT molecular complexity index is 1190. The quantitative estimate of drug-likeness (QED) is 0.366. The molecule has 0 saturated carbocycles. The third kappa shape index (κ3) is 6.55. The Labute approximate surface area is 206 Å². The molecular formula is C24H26ClFN4O5. The number of aliphatic hydroxyl groups excluding tert-OH is 1. The maximum Gasteiger partial charge on any atom is 0.311 e. The predicted octanol–water partition coefficient (Wildman–Crippen LogP) is 3.00. The molecule has 1 aromatic heterocycles. The van der Waals surface area contributed by atoms with E-state index in [9.17, 15) is 24.2 Å². The van der Waals surface area contributed by atoms with Crippen molar-refractivity contribution >= 4 is 23.5 Å². The first-order valence-corrected chi connectivity index (χ1v) is 11.3. The van der Waals surface area contributed by atoms with Gasteiger partial charge in [0.05, 0.1) is 12.0 Å². The van der Waals surface area contributed by atoms with Gasteiger partial charge in [-0.3, -0.25) is 9.59 Å². The Morgan fingerprint density at radius 3 is 2.60 bits per heavy atom. The minimum atomic E-state index is -1.48. The second-order valence-electron chi connectivity index (χ2n) is 8.35. The zero-order chi connectivity index (χ0) is 25.6. The fourth-order valence-electron chi connectivity index (χ4n) is 3.57. The van der Waals surface area contributed by atoms with Gasteiger partial charge in [0.2, 0.25) is 0 Å². The highest BCUT2D eigenvalue weighted by Crippen LogP contribution is 2.28. The molecule has 9 nitrogen and oxygen atoms in total. The van der Waals surface area contributed by atoms with Crippen LogP contribution in [0.4, 0.5) is 4.39 Å². The molecule has 11 heteroatoms. The molecule has 1 heterocycles. The number of hydrogen-bond donors (Lipinski definition) is 3. The van der Waals surface area contributed by atoms with Gasteiger partial charge in [0.1, 0.15) is 18.6 Å². The Morgan fingerprint density at radius 2 is 1.97 bits per heavy atom. The molecule has 2 aromatic carbocycles. The van der Waals surface area contributed by atoms with Gasteiger partial charge in [0.15, 0.2) is 5.69 Å². The van der Waals surface area contributed by atoms with Crippen molar-refractivity contribution in [2.45, 2.75) is 32.7 Å². The number of halogens is 2. The zero-order valence-corrected chi connectivity index (χ0v) is 20.0. The van der Waals surface area contributed by atoms with E-state index in [2.05, 4.69) is 15.6 Å². The van der Waals surface area contributed by atoms with E-state index in [1.807, 2.05) is 0 Å². The summed E-state index contributed by atoms with van der Waals surface area (Å²) in [6.07, 6.45) is 1.52. The summed E-state index contributed by atoms with van der Waals surface area (Å²) in [5.74, 6) is -2.16. The molecule has 0 aliphatic carbocycles. The summed E-state index contributed by atoms with van der Waals surface area (Å²) < 4.78 is 14.2. The molecule has 0 fully saturated rings. The summed E-state index contributed by atoms with van der Waals surface area (Å²) in [5.41, 5.74) is 0.254. The first-order chi connectivity index (χ1) is 16.6. The molecule has 0 bridgehead atoms. The minimum Gasteiger partial charge on any atom is -0.481 e. The van der Waals surface area contributed by atoms with E-state index in [0.717, 1.165) is 10.4 Å². The minimum absolute atomic E-state index is 0.00347. The van der Waals surface area contributed by atoms with E-state index in [1.165, 1.54) is 31.3 Å². The molecule has 0 saturated heterocycles. The van der Waals surface area contributed by atoms with Crippen molar-refractivity contribution < 1.29 is 29.0 Å². The lowest BCUT2D eigenvalue weighted by Gasteiger charge is -2.28. The van der Waals surface area contributed by atoms with E-state index >= 15 is 0 Å². The largest absolute Gasteiger partial charge is 0.481 e. The van der Waals surface area contributed by atoms with Crippen LogP contribution in [-0.4, -0.2) is 56.5 Å². The van der Waals surface area contributed by atoms with E-state index in [0.29, 0.717) is 22.8 Å². The molecule has 3 N–H and O–H groups in total. The highest BCUT2D eigenvalue weighted by atomic mass is 35.5. The fourth-order valence-corrected chi connectivity index (χ4v) is 3.74. The average molecular weight is 505 g/mol. The zero-order valence-electron chi connectivity index (χ0n) is 19.2. The molecule has 1 unspecified atom stereocenters. The van der Waals surface area contributed by atoms with Crippen LogP contribution in [0.15, 0.2) is 48.7 Å². The van der Waals surface area contributed by atoms with Gasteiger partial charge in [-0.05, 0) is 61.2 Å². The van der Waals surface area contributed by atoms with E-state index in [-0.39, 0.29) is 18.5 Å². The number of nitrogens with zero attached hydrogens (tertiary/aromatic N) is 3. The smallest absolute Gasteiger partial charge is 0.311 e. The van der Waals surface area contributed by atoms with Gasteiger partial charge in [-0.15, -0.1) is 5.10 Å². The Kier molecular flexibility index (Phi) is 8.42. The topological polar surface area (TPSA) is 127 Å². The van der Waals surface area contributed by atoms with Crippen molar-refractivity contribution in [3.63, 3.8) is 0 Å².